The van der Waals surface area contributed by atoms with Crippen molar-refractivity contribution in [3.05, 3.63) is 29.3 Å². The highest BCUT2D eigenvalue weighted by atomic mass is 35.5. The number of benzene rings is 1. The molecule has 1 aromatic rings. The zero-order valence-corrected chi connectivity index (χ0v) is 8.01. The van der Waals surface area contributed by atoms with Crippen LogP contribution in [-0.4, -0.2) is 11.9 Å². The van der Waals surface area contributed by atoms with Crippen LogP contribution < -0.4 is 11.1 Å². The number of anilines is 1. The molecule has 1 rings (SSSR count). The molecule has 0 spiro atoms. The fraction of sp³-hybridized carbons (Fsp3) is 0.222. The van der Waals surface area contributed by atoms with Gasteiger partial charge in [0.2, 0.25) is 5.91 Å². The van der Waals surface area contributed by atoms with Crippen LogP contribution in [0.5, 0.6) is 0 Å². The van der Waals surface area contributed by atoms with Crippen molar-refractivity contribution in [1.82, 2.24) is 0 Å². The van der Waals surface area contributed by atoms with E-state index in [4.69, 9.17) is 17.3 Å². The van der Waals surface area contributed by atoms with Gasteiger partial charge in [-0.25, -0.2) is 0 Å². The van der Waals surface area contributed by atoms with Gasteiger partial charge in [0.05, 0.1) is 16.8 Å². The molecule has 0 aliphatic heterocycles. The smallest absolute Gasteiger partial charge is 0.241 e. The van der Waals surface area contributed by atoms with E-state index in [9.17, 15) is 4.79 Å². The molecule has 0 aliphatic carbocycles. The summed E-state index contributed by atoms with van der Waals surface area (Å²) < 4.78 is 0. The van der Waals surface area contributed by atoms with E-state index in [0.717, 1.165) is 0 Å². The number of rotatable bonds is 2. The average molecular weight is 199 g/mol. The SMILES string of the molecule is CC(N)C(=O)Nc1ccccc1Cl. The molecule has 1 amide bonds. The van der Waals surface area contributed by atoms with E-state index in [1.807, 2.05) is 0 Å². The van der Waals surface area contributed by atoms with Crippen LogP contribution in [0.1, 0.15) is 6.92 Å². The van der Waals surface area contributed by atoms with Gasteiger partial charge in [-0.3, -0.25) is 4.79 Å². The number of hydrogen-bond acceptors (Lipinski definition) is 2. The number of para-hydroxylation sites is 1. The van der Waals surface area contributed by atoms with Crippen LogP contribution in [-0.2, 0) is 4.79 Å². The zero-order valence-electron chi connectivity index (χ0n) is 7.25. The second-order valence-corrected chi connectivity index (χ2v) is 3.16. The molecule has 0 saturated carbocycles. The summed E-state index contributed by atoms with van der Waals surface area (Å²) in [5.74, 6) is -0.242. The van der Waals surface area contributed by atoms with Crippen molar-refractivity contribution in [2.24, 2.45) is 5.73 Å². The Bertz CT molecular complexity index is 312. The minimum Gasteiger partial charge on any atom is -0.323 e. The number of amides is 1. The lowest BCUT2D eigenvalue weighted by molar-refractivity contribution is -0.117. The molecule has 0 fully saturated rings. The monoisotopic (exact) mass is 198 g/mol. The quantitative estimate of drug-likeness (QED) is 0.759. The summed E-state index contributed by atoms with van der Waals surface area (Å²) in [5, 5.41) is 3.12. The highest BCUT2D eigenvalue weighted by Gasteiger charge is 2.08. The van der Waals surface area contributed by atoms with E-state index in [2.05, 4.69) is 5.32 Å². The maximum Gasteiger partial charge on any atom is 0.241 e. The number of hydrogen-bond donors (Lipinski definition) is 2. The standard InChI is InChI=1S/C9H11ClN2O/c1-6(11)9(13)12-8-5-3-2-4-7(8)10/h2-6H,11H2,1H3,(H,12,13). The van der Waals surface area contributed by atoms with Gasteiger partial charge in [0.1, 0.15) is 0 Å². The molecule has 0 radical (unpaired) electrons. The molecule has 1 aromatic carbocycles. The number of halogens is 1. The van der Waals surface area contributed by atoms with Crippen molar-refractivity contribution in [2.75, 3.05) is 5.32 Å². The number of carbonyl (C=O) groups excluding carboxylic acids is 1. The van der Waals surface area contributed by atoms with E-state index >= 15 is 0 Å². The van der Waals surface area contributed by atoms with Crippen LogP contribution >= 0.6 is 11.6 Å². The van der Waals surface area contributed by atoms with E-state index in [0.29, 0.717) is 10.7 Å². The third-order valence-corrected chi connectivity index (χ3v) is 1.87. The Morgan fingerprint density at radius 1 is 1.54 bits per heavy atom. The largest absolute Gasteiger partial charge is 0.323 e. The molecule has 0 heterocycles. The van der Waals surface area contributed by atoms with Crippen molar-refractivity contribution in [3.63, 3.8) is 0 Å². The maximum atomic E-state index is 11.2. The molecular weight excluding hydrogens is 188 g/mol. The van der Waals surface area contributed by atoms with E-state index in [1.54, 1.807) is 31.2 Å². The van der Waals surface area contributed by atoms with Gasteiger partial charge in [-0.2, -0.15) is 0 Å². The summed E-state index contributed by atoms with van der Waals surface area (Å²) in [5.41, 5.74) is 5.97. The first-order chi connectivity index (χ1) is 6.11. The van der Waals surface area contributed by atoms with Crippen molar-refractivity contribution in [2.45, 2.75) is 13.0 Å². The van der Waals surface area contributed by atoms with Gasteiger partial charge in [-0.05, 0) is 19.1 Å². The second-order valence-electron chi connectivity index (χ2n) is 2.76. The molecule has 0 bridgehead atoms. The van der Waals surface area contributed by atoms with E-state index in [-0.39, 0.29) is 5.91 Å². The maximum absolute atomic E-state index is 11.2. The van der Waals surface area contributed by atoms with Crippen molar-refractivity contribution >= 4 is 23.2 Å². The summed E-state index contributed by atoms with van der Waals surface area (Å²) >= 11 is 5.82. The Kier molecular flexibility index (Phi) is 3.28. The second kappa shape index (κ2) is 4.25. The minimum absolute atomic E-state index is 0.242. The fourth-order valence-corrected chi connectivity index (χ4v) is 0.992. The Balaban J connectivity index is 2.75. The molecule has 0 aliphatic rings. The minimum atomic E-state index is -0.531. The number of carbonyl (C=O) groups is 1. The van der Waals surface area contributed by atoms with Crippen LogP contribution in [0.3, 0.4) is 0 Å². The van der Waals surface area contributed by atoms with Gasteiger partial charge in [0.25, 0.3) is 0 Å². The first kappa shape index (κ1) is 10.0. The summed E-state index contributed by atoms with van der Waals surface area (Å²) in [6.07, 6.45) is 0. The van der Waals surface area contributed by atoms with Gasteiger partial charge < -0.3 is 11.1 Å². The highest BCUT2D eigenvalue weighted by Crippen LogP contribution is 2.20. The Morgan fingerprint density at radius 3 is 2.69 bits per heavy atom. The van der Waals surface area contributed by atoms with Crippen molar-refractivity contribution in [1.29, 1.82) is 0 Å². The van der Waals surface area contributed by atoms with Gasteiger partial charge in [0.15, 0.2) is 0 Å². The average Bonchev–Trinajstić information content (AvgIpc) is 2.08. The molecule has 3 nitrogen and oxygen atoms in total. The van der Waals surface area contributed by atoms with Crippen LogP contribution in [0, 0.1) is 0 Å². The van der Waals surface area contributed by atoms with Crippen LogP contribution in [0.15, 0.2) is 24.3 Å². The first-order valence-corrected chi connectivity index (χ1v) is 4.30. The third kappa shape index (κ3) is 2.72. The van der Waals surface area contributed by atoms with Gasteiger partial charge >= 0.3 is 0 Å². The topological polar surface area (TPSA) is 55.1 Å². The lowest BCUT2D eigenvalue weighted by atomic mass is 10.3. The Morgan fingerprint density at radius 2 is 2.15 bits per heavy atom. The molecular formula is C9H11ClN2O. The summed E-state index contributed by atoms with van der Waals surface area (Å²) in [6.45, 7) is 1.62. The number of nitrogens with two attached hydrogens (primary N) is 1. The molecule has 0 aromatic heterocycles. The lowest BCUT2D eigenvalue weighted by Crippen LogP contribution is -2.32. The van der Waals surface area contributed by atoms with Crippen LogP contribution in [0.25, 0.3) is 0 Å². The van der Waals surface area contributed by atoms with Gasteiger partial charge in [0, 0.05) is 0 Å². The lowest BCUT2D eigenvalue weighted by Gasteiger charge is -2.08. The van der Waals surface area contributed by atoms with Gasteiger partial charge in [-0.1, -0.05) is 23.7 Å². The normalized spacial score (nSPS) is 12.2. The van der Waals surface area contributed by atoms with Crippen LogP contribution in [0.2, 0.25) is 5.02 Å². The Labute approximate surface area is 81.9 Å². The number of nitrogens with one attached hydrogen (secondary N) is 1. The predicted octanol–water partition coefficient (Wildman–Crippen LogP) is 1.63. The van der Waals surface area contributed by atoms with Crippen LogP contribution in [0.4, 0.5) is 5.69 Å². The molecule has 4 heteroatoms. The predicted molar refractivity (Wildman–Crippen MR) is 53.7 cm³/mol. The fourth-order valence-electron chi connectivity index (χ4n) is 0.809. The summed E-state index contributed by atoms with van der Waals surface area (Å²) in [4.78, 5) is 11.2. The molecule has 1 unspecified atom stereocenters. The molecule has 70 valence electrons. The van der Waals surface area contributed by atoms with Crippen molar-refractivity contribution in [3.8, 4) is 0 Å². The molecule has 13 heavy (non-hydrogen) atoms. The summed E-state index contributed by atoms with van der Waals surface area (Å²) in [6, 6.07) is 6.49. The summed E-state index contributed by atoms with van der Waals surface area (Å²) in [7, 11) is 0. The van der Waals surface area contributed by atoms with E-state index < -0.39 is 6.04 Å². The molecule has 1 atom stereocenters. The molecule has 0 saturated heterocycles. The zero-order chi connectivity index (χ0) is 9.84. The first-order valence-electron chi connectivity index (χ1n) is 3.92. The van der Waals surface area contributed by atoms with E-state index in [1.165, 1.54) is 0 Å². The molecule has 3 N–H and O–H groups in total. The van der Waals surface area contributed by atoms with Gasteiger partial charge in [-0.15, -0.1) is 0 Å². The van der Waals surface area contributed by atoms with Crippen molar-refractivity contribution < 1.29 is 4.79 Å². The Hall–Kier alpha value is -1.06. The highest BCUT2D eigenvalue weighted by molar-refractivity contribution is 6.33. The third-order valence-electron chi connectivity index (χ3n) is 1.55.